The molecule has 1 unspecified atom stereocenters. The van der Waals surface area contributed by atoms with Crippen molar-refractivity contribution in [1.29, 1.82) is 0 Å². The number of hydrogen-bond acceptors (Lipinski definition) is 4. The van der Waals surface area contributed by atoms with Crippen molar-refractivity contribution in [2.24, 2.45) is 13.0 Å². The quantitative estimate of drug-likeness (QED) is 0.312. The number of Topliss-reactive ketones (excluding diaryl/α,β-unsaturated/α-hetero) is 1. The number of aryl methyl sites for hydroxylation is 1. The molecule has 3 aliphatic heterocycles. The van der Waals surface area contributed by atoms with Crippen LogP contribution in [0, 0.1) is 5.92 Å². The summed E-state index contributed by atoms with van der Waals surface area (Å²) in [7, 11) is 1.91. The van der Waals surface area contributed by atoms with Crippen LogP contribution in [0.3, 0.4) is 0 Å². The van der Waals surface area contributed by atoms with Crippen LogP contribution in [0.1, 0.15) is 34.9 Å². The molecule has 6 nitrogen and oxygen atoms in total. The summed E-state index contributed by atoms with van der Waals surface area (Å²) in [6.45, 7) is 3.11. The monoisotopic (exact) mass is 458 g/mol. The lowest BCUT2D eigenvalue weighted by atomic mass is 9.83. The van der Waals surface area contributed by atoms with Crippen molar-refractivity contribution in [2.75, 3.05) is 31.5 Å². The fraction of sp³-hybridized carbons (Fsp3) is 0.357. The predicted octanol–water partition coefficient (Wildman–Crippen LogP) is 4.21. The van der Waals surface area contributed by atoms with E-state index in [1.165, 1.54) is 0 Å². The molecule has 6 heteroatoms. The number of carbonyl (C=O) groups is 2. The molecule has 4 heterocycles. The number of ketones is 1. The third-order valence-electron chi connectivity index (χ3n) is 7.47. The van der Waals surface area contributed by atoms with Gasteiger partial charge in [-0.2, -0.15) is 0 Å². The lowest BCUT2D eigenvalue weighted by molar-refractivity contribution is -0.938. The number of hydrogen-bond donors (Lipinski definition) is 1. The standard InChI is InChI=1S/C28H32N3O3/c1-30-16-8-13-24(30)25(32)19-31-17-14-21(15-18-31)26(20-31)34-28(33)27(22-9-4-2-5-10-22)29-23-11-6-3-7-12-23/h2-13,16,21,26-27,29H,14-15,17-20H2,1H3/q+1/t21?,26-,27?,31?/m0/s1. The van der Waals surface area contributed by atoms with Crippen molar-refractivity contribution in [3.8, 4) is 0 Å². The molecule has 2 aromatic carbocycles. The molecule has 0 amide bonds. The molecular weight excluding hydrogens is 426 g/mol. The van der Waals surface area contributed by atoms with Gasteiger partial charge in [0.25, 0.3) is 0 Å². The van der Waals surface area contributed by atoms with E-state index >= 15 is 0 Å². The Morgan fingerprint density at radius 1 is 1.00 bits per heavy atom. The van der Waals surface area contributed by atoms with E-state index in [1.54, 1.807) is 0 Å². The highest BCUT2D eigenvalue weighted by molar-refractivity contribution is 5.95. The molecule has 0 radical (unpaired) electrons. The van der Waals surface area contributed by atoms with Crippen molar-refractivity contribution < 1.29 is 18.8 Å². The topological polar surface area (TPSA) is 60.3 Å². The number of quaternary nitrogens is 1. The summed E-state index contributed by atoms with van der Waals surface area (Å²) in [6, 6.07) is 22.7. The molecule has 0 aliphatic carbocycles. The highest BCUT2D eigenvalue weighted by Gasteiger charge is 2.49. The number of fused-ring (bicyclic) bond motifs is 3. The fourth-order valence-corrected chi connectivity index (χ4v) is 5.56. The molecule has 0 saturated carbocycles. The molecule has 176 valence electrons. The van der Waals surface area contributed by atoms with Crippen LogP contribution in [0.25, 0.3) is 0 Å². The number of para-hydroxylation sites is 1. The maximum atomic E-state index is 13.5. The largest absolute Gasteiger partial charge is 0.454 e. The number of nitrogens with zero attached hydrogens (tertiary/aromatic N) is 2. The molecule has 0 spiro atoms. The highest BCUT2D eigenvalue weighted by atomic mass is 16.5. The number of nitrogens with one attached hydrogen (secondary N) is 1. The summed E-state index contributed by atoms with van der Waals surface area (Å²) >= 11 is 0. The Morgan fingerprint density at radius 2 is 1.68 bits per heavy atom. The number of aromatic nitrogens is 1. The molecule has 6 rings (SSSR count). The van der Waals surface area contributed by atoms with E-state index in [2.05, 4.69) is 5.32 Å². The van der Waals surface area contributed by atoms with Gasteiger partial charge in [-0.15, -0.1) is 0 Å². The van der Waals surface area contributed by atoms with E-state index in [0.29, 0.717) is 23.5 Å². The molecule has 2 bridgehead atoms. The van der Waals surface area contributed by atoms with Crippen molar-refractivity contribution in [1.82, 2.24) is 4.57 Å². The van der Waals surface area contributed by atoms with E-state index in [4.69, 9.17) is 4.74 Å². The van der Waals surface area contributed by atoms with Crippen LogP contribution in [0.15, 0.2) is 79.0 Å². The zero-order valence-electron chi connectivity index (χ0n) is 19.6. The van der Waals surface area contributed by atoms with Gasteiger partial charge >= 0.3 is 5.97 Å². The summed E-state index contributed by atoms with van der Waals surface area (Å²) in [4.78, 5) is 26.5. The van der Waals surface area contributed by atoms with Crippen LogP contribution in [0.5, 0.6) is 0 Å². The average molecular weight is 459 g/mol. The van der Waals surface area contributed by atoms with Crippen LogP contribution in [-0.4, -0.2) is 53.1 Å². The minimum atomic E-state index is -0.586. The van der Waals surface area contributed by atoms with Gasteiger partial charge in [0.2, 0.25) is 5.78 Å². The Morgan fingerprint density at radius 3 is 2.32 bits per heavy atom. The molecule has 34 heavy (non-hydrogen) atoms. The number of esters is 1. The molecule has 3 aliphatic rings. The molecular formula is C28H32N3O3+. The summed E-state index contributed by atoms with van der Waals surface area (Å²) in [6.07, 6.45) is 3.71. The normalized spacial score (nSPS) is 24.4. The second kappa shape index (κ2) is 9.47. The Labute approximate surface area is 200 Å². The Kier molecular flexibility index (Phi) is 6.24. The second-order valence-electron chi connectivity index (χ2n) is 9.72. The third-order valence-corrected chi connectivity index (χ3v) is 7.47. The zero-order valence-corrected chi connectivity index (χ0v) is 19.6. The number of piperidine rings is 3. The maximum Gasteiger partial charge on any atom is 0.333 e. The summed E-state index contributed by atoms with van der Waals surface area (Å²) < 4.78 is 8.79. The van der Waals surface area contributed by atoms with Gasteiger partial charge in [-0.05, 0) is 29.8 Å². The lowest BCUT2D eigenvalue weighted by Crippen LogP contribution is -2.66. The molecule has 3 fully saturated rings. The Hall–Kier alpha value is -3.38. The SMILES string of the molecule is Cn1cccc1C(=O)C[N+]12CCC(CC1)[C@@H](OC(=O)C(Nc1ccccc1)c1ccccc1)C2. The van der Waals surface area contributed by atoms with E-state index in [-0.39, 0.29) is 17.9 Å². The third kappa shape index (κ3) is 4.64. The Balaban J connectivity index is 1.31. The number of anilines is 1. The van der Waals surface area contributed by atoms with Gasteiger partial charge in [-0.25, -0.2) is 4.79 Å². The molecule has 2 atom stereocenters. The predicted molar refractivity (Wildman–Crippen MR) is 131 cm³/mol. The smallest absolute Gasteiger partial charge is 0.333 e. The van der Waals surface area contributed by atoms with Gasteiger partial charge < -0.3 is 19.1 Å². The van der Waals surface area contributed by atoms with Crippen molar-refractivity contribution in [3.63, 3.8) is 0 Å². The van der Waals surface area contributed by atoms with Gasteiger partial charge in [-0.3, -0.25) is 4.79 Å². The first-order valence-electron chi connectivity index (χ1n) is 12.1. The minimum Gasteiger partial charge on any atom is -0.454 e. The number of ether oxygens (including phenoxy) is 1. The summed E-state index contributed by atoms with van der Waals surface area (Å²) in [5, 5.41) is 3.36. The molecule has 3 aromatic rings. The minimum absolute atomic E-state index is 0.158. The van der Waals surface area contributed by atoms with Crippen LogP contribution in [-0.2, 0) is 16.6 Å². The number of benzene rings is 2. The van der Waals surface area contributed by atoms with Gasteiger partial charge in [0.05, 0.1) is 18.8 Å². The van der Waals surface area contributed by atoms with Gasteiger partial charge in [0.1, 0.15) is 13.1 Å². The van der Waals surface area contributed by atoms with Crippen LogP contribution < -0.4 is 5.32 Å². The number of rotatable bonds is 8. The first-order chi connectivity index (χ1) is 16.5. The first kappa shape index (κ1) is 22.4. The van der Waals surface area contributed by atoms with Crippen molar-refractivity contribution in [2.45, 2.75) is 25.0 Å². The zero-order chi connectivity index (χ0) is 23.5. The van der Waals surface area contributed by atoms with Gasteiger partial charge in [-0.1, -0.05) is 48.5 Å². The van der Waals surface area contributed by atoms with Crippen LogP contribution in [0.2, 0.25) is 0 Å². The van der Waals surface area contributed by atoms with E-state index in [0.717, 1.165) is 42.9 Å². The average Bonchev–Trinajstić information content (AvgIpc) is 3.30. The van der Waals surface area contributed by atoms with Crippen molar-refractivity contribution >= 4 is 17.4 Å². The maximum absolute atomic E-state index is 13.5. The van der Waals surface area contributed by atoms with Crippen molar-refractivity contribution in [3.05, 3.63) is 90.3 Å². The lowest BCUT2D eigenvalue weighted by Gasteiger charge is -2.51. The number of carbonyl (C=O) groups excluding carboxylic acids is 2. The van der Waals surface area contributed by atoms with E-state index < -0.39 is 6.04 Å². The second-order valence-corrected chi connectivity index (χ2v) is 9.72. The molecule has 1 N–H and O–H groups in total. The van der Waals surface area contributed by atoms with Crippen LogP contribution in [0.4, 0.5) is 5.69 Å². The summed E-state index contributed by atoms with van der Waals surface area (Å²) in [5.41, 5.74) is 2.49. The van der Waals surface area contributed by atoms with Crippen LogP contribution >= 0.6 is 0 Å². The van der Waals surface area contributed by atoms with Gasteiger partial charge in [0, 0.05) is 37.7 Å². The first-order valence-corrected chi connectivity index (χ1v) is 12.1. The summed E-state index contributed by atoms with van der Waals surface area (Å²) in [5.74, 6) is 0.258. The van der Waals surface area contributed by atoms with Gasteiger partial charge in [0.15, 0.2) is 12.1 Å². The molecule has 1 aromatic heterocycles. The fourth-order valence-electron chi connectivity index (χ4n) is 5.56. The molecule has 3 saturated heterocycles. The van der Waals surface area contributed by atoms with E-state index in [1.807, 2.05) is 90.6 Å². The highest BCUT2D eigenvalue weighted by Crippen LogP contribution is 2.36. The Bertz CT molecular complexity index is 1130. The van der Waals surface area contributed by atoms with E-state index in [9.17, 15) is 9.59 Å².